The molecule has 3 rings (SSSR count). The highest BCUT2D eigenvalue weighted by molar-refractivity contribution is 5.68. The molecule has 3 heterocycles. The van der Waals surface area contributed by atoms with Crippen molar-refractivity contribution < 1.29 is 9.47 Å². The lowest BCUT2D eigenvalue weighted by molar-refractivity contribution is 0.252. The Morgan fingerprint density at radius 2 is 1.35 bits per heavy atom. The number of hydrogen-bond acceptors (Lipinski definition) is 4. The van der Waals surface area contributed by atoms with Crippen molar-refractivity contribution in [1.82, 2.24) is 9.97 Å². The van der Waals surface area contributed by atoms with E-state index >= 15 is 0 Å². The fraction of sp³-hybridized carbons (Fsp3) is 0.231. The van der Waals surface area contributed by atoms with Crippen molar-refractivity contribution >= 4 is 0 Å². The van der Waals surface area contributed by atoms with E-state index < -0.39 is 0 Å². The maximum absolute atomic E-state index is 5.68. The monoisotopic (exact) mass is 228 g/mol. The maximum atomic E-state index is 5.68. The van der Waals surface area contributed by atoms with Crippen LogP contribution >= 0.6 is 0 Å². The predicted molar refractivity (Wildman–Crippen MR) is 63.1 cm³/mol. The van der Waals surface area contributed by atoms with Gasteiger partial charge in [0.1, 0.15) is 22.9 Å². The number of fused-ring (bicyclic) bond motifs is 3. The van der Waals surface area contributed by atoms with Gasteiger partial charge >= 0.3 is 0 Å². The Kier molecular flexibility index (Phi) is 2.62. The van der Waals surface area contributed by atoms with E-state index in [2.05, 4.69) is 9.97 Å². The van der Waals surface area contributed by atoms with E-state index in [0.29, 0.717) is 13.2 Å². The van der Waals surface area contributed by atoms with Crippen molar-refractivity contribution in [3.8, 4) is 22.9 Å². The van der Waals surface area contributed by atoms with Crippen LogP contribution in [0.2, 0.25) is 0 Å². The third-order valence-electron chi connectivity index (χ3n) is 2.57. The average molecular weight is 228 g/mol. The molecule has 0 bridgehead atoms. The van der Waals surface area contributed by atoms with Gasteiger partial charge in [-0.25, -0.2) is 0 Å². The van der Waals surface area contributed by atoms with Crippen molar-refractivity contribution in [2.24, 2.45) is 0 Å². The Labute approximate surface area is 99.2 Å². The zero-order chi connectivity index (χ0) is 11.5. The summed E-state index contributed by atoms with van der Waals surface area (Å²) in [5.74, 6) is 1.52. The quantitative estimate of drug-likeness (QED) is 0.694. The minimum atomic E-state index is 0.632. The van der Waals surface area contributed by atoms with Gasteiger partial charge in [-0.3, -0.25) is 9.97 Å². The van der Waals surface area contributed by atoms with Crippen LogP contribution in [-0.2, 0) is 0 Å². The second-order valence-corrected chi connectivity index (χ2v) is 3.75. The third-order valence-corrected chi connectivity index (χ3v) is 2.57. The molecule has 0 aromatic carbocycles. The number of pyridine rings is 2. The van der Waals surface area contributed by atoms with E-state index in [9.17, 15) is 0 Å². The molecule has 0 unspecified atom stereocenters. The van der Waals surface area contributed by atoms with Crippen LogP contribution in [0.3, 0.4) is 0 Å². The van der Waals surface area contributed by atoms with Crippen molar-refractivity contribution in [3.05, 3.63) is 36.7 Å². The van der Waals surface area contributed by atoms with Crippen LogP contribution in [0.4, 0.5) is 0 Å². The lowest BCUT2D eigenvalue weighted by Gasteiger charge is -2.09. The fourth-order valence-electron chi connectivity index (χ4n) is 1.79. The molecule has 2 aromatic heterocycles. The van der Waals surface area contributed by atoms with E-state index in [1.54, 1.807) is 12.4 Å². The molecule has 0 saturated heterocycles. The van der Waals surface area contributed by atoms with Gasteiger partial charge in [-0.2, -0.15) is 0 Å². The van der Waals surface area contributed by atoms with Gasteiger partial charge in [0, 0.05) is 18.8 Å². The molecule has 0 radical (unpaired) electrons. The summed E-state index contributed by atoms with van der Waals surface area (Å²) in [6, 6.07) is 7.54. The first-order valence-electron chi connectivity index (χ1n) is 5.61. The summed E-state index contributed by atoms with van der Waals surface area (Å²) in [4.78, 5) is 8.67. The first-order valence-corrected chi connectivity index (χ1v) is 5.61. The molecular weight excluding hydrogens is 216 g/mol. The second kappa shape index (κ2) is 4.41. The van der Waals surface area contributed by atoms with Crippen LogP contribution in [-0.4, -0.2) is 23.2 Å². The molecule has 1 aliphatic rings. The Morgan fingerprint density at radius 3 is 1.88 bits per heavy atom. The third kappa shape index (κ3) is 1.93. The molecule has 0 saturated carbocycles. The molecule has 0 fully saturated rings. The number of aromatic nitrogens is 2. The maximum Gasteiger partial charge on any atom is 0.147 e. The summed E-state index contributed by atoms with van der Waals surface area (Å²) in [5, 5.41) is 0. The SMILES string of the molecule is c1cnc2c(c1)OCCCOc1cccnc1-2. The zero-order valence-electron chi connectivity index (χ0n) is 9.30. The van der Waals surface area contributed by atoms with Gasteiger partial charge in [-0.05, 0) is 24.3 Å². The van der Waals surface area contributed by atoms with Gasteiger partial charge in [-0.1, -0.05) is 0 Å². The molecule has 4 heteroatoms. The van der Waals surface area contributed by atoms with Crippen molar-refractivity contribution in [2.75, 3.05) is 13.2 Å². The van der Waals surface area contributed by atoms with E-state index in [1.807, 2.05) is 24.3 Å². The zero-order valence-corrected chi connectivity index (χ0v) is 9.30. The largest absolute Gasteiger partial charge is 0.491 e. The van der Waals surface area contributed by atoms with Crippen LogP contribution in [0.1, 0.15) is 6.42 Å². The normalized spacial score (nSPS) is 14.1. The lowest BCUT2D eigenvalue weighted by atomic mass is 10.2. The van der Waals surface area contributed by atoms with E-state index in [4.69, 9.17) is 9.47 Å². The Balaban J connectivity index is 2.18. The van der Waals surface area contributed by atoms with Crippen LogP contribution in [0.5, 0.6) is 11.5 Å². The van der Waals surface area contributed by atoms with Gasteiger partial charge in [0.15, 0.2) is 0 Å². The molecule has 0 N–H and O–H groups in total. The molecule has 2 aromatic rings. The standard InChI is InChI=1S/C13H12N2O2/c1-4-10-12(14-6-1)13-11(5-2-7-15-13)17-9-3-8-16-10/h1-2,4-7H,3,8-9H2. The first kappa shape index (κ1) is 10.1. The summed E-state index contributed by atoms with van der Waals surface area (Å²) in [6.45, 7) is 1.26. The molecule has 0 aliphatic carbocycles. The highest BCUT2D eigenvalue weighted by Crippen LogP contribution is 2.33. The van der Waals surface area contributed by atoms with Crippen LogP contribution in [0.25, 0.3) is 11.4 Å². The Bertz CT molecular complexity index is 481. The van der Waals surface area contributed by atoms with Gasteiger partial charge in [0.05, 0.1) is 13.2 Å². The van der Waals surface area contributed by atoms with E-state index in [1.165, 1.54) is 0 Å². The van der Waals surface area contributed by atoms with Gasteiger partial charge in [0.2, 0.25) is 0 Å². The smallest absolute Gasteiger partial charge is 0.147 e. The van der Waals surface area contributed by atoms with E-state index in [0.717, 1.165) is 29.3 Å². The van der Waals surface area contributed by atoms with Crippen molar-refractivity contribution in [3.63, 3.8) is 0 Å². The summed E-state index contributed by atoms with van der Waals surface area (Å²) < 4.78 is 11.4. The molecule has 17 heavy (non-hydrogen) atoms. The molecule has 0 amide bonds. The highest BCUT2D eigenvalue weighted by atomic mass is 16.5. The molecule has 0 spiro atoms. The molecule has 4 nitrogen and oxygen atoms in total. The summed E-state index contributed by atoms with van der Waals surface area (Å²) in [7, 11) is 0. The molecule has 86 valence electrons. The van der Waals surface area contributed by atoms with Gasteiger partial charge in [0.25, 0.3) is 0 Å². The van der Waals surface area contributed by atoms with Crippen LogP contribution in [0, 0.1) is 0 Å². The van der Waals surface area contributed by atoms with Crippen molar-refractivity contribution in [2.45, 2.75) is 6.42 Å². The predicted octanol–water partition coefficient (Wildman–Crippen LogP) is 2.30. The van der Waals surface area contributed by atoms with Crippen molar-refractivity contribution in [1.29, 1.82) is 0 Å². The van der Waals surface area contributed by atoms with E-state index in [-0.39, 0.29) is 0 Å². The topological polar surface area (TPSA) is 44.2 Å². The molecular formula is C13H12N2O2. The Morgan fingerprint density at radius 1 is 0.824 bits per heavy atom. The van der Waals surface area contributed by atoms with Gasteiger partial charge in [-0.15, -0.1) is 0 Å². The molecule has 1 aliphatic heterocycles. The summed E-state index contributed by atoms with van der Waals surface area (Å²) in [6.07, 6.45) is 4.32. The Hall–Kier alpha value is -2.10. The summed E-state index contributed by atoms with van der Waals surface area (Å²) >= 11 is 0. The minimum absolute atomic E-state index is 0.632. The number of nitrogens with zero attached hydrogens (tertiary/aromatic N) is 2. The lowest BCUT2D eigenvalue weighted by Crippen LogP contribution is -2.03. The number of rotatable bonds is 0. The molecule has 0 atom stereocenters. The first-order chi connectivity index (χ1) is 8.45. The fourth-order valence-corrected chi connectivity index (χ4v) is 1.79. The minimum Gasteiger partial charge on any atom is -0.491 e. The van der Waals surface area contributed by atoms with Crippen LogP contribution in [0.15, 0.2) is 36.7 Å². The van der Waals surface area contributed by atoms with Crippen LogP contribution < -0.4 is 9.47 Å². The number of ether oxygens (including phenoxy) is 2. The summed E-state index contributed by atoms with van der Waals surface area (Å²) in [5.41, 5.74) is 1.48. The average Bonchev–Trinajstić information content (AvgIpc) is 2.47. The highest BCUT2D eigenvalue weighted by Gasteiger charge is 2.15. The second-order valence-electron chi connectivity index (χ2n) is 3.75. The van der Waals surface area contributed by atoms with Gasteiger partial charge < -0.3 is 9.47 Å². The number of hydrogen-bond donors (Lipinski definition) is 0.